The van der Waals surface area contributed by atoms with Gasteiger partial charge < -0.3 is 9.84 Å². The number of hydrogen-bond donors (Lipinski definition) is 2. The molecule has 0 saturated heterocycles. The molecule has 0 aromatic heterocycles. The van der Waals surface area contributed by atoms with Gasteiger partial charge in [-0.2, -0.15) is 0 Å². The van der Waals surface area contributed by atoms with Crippen LogP contribution in [0.1, 0.15) is 29.2 Å². The van der Waals surface area contributed by atoms with Crippen LogP contribution in [0, 0.1) is 5.41 Å². The third-order valence-corrected chi connectivity index (χ3v) is 5.21. The van der Waals surface area contributed by atoms with Crippen molar-refractivity contribution in [1.82, 2.24) is 0 Å². The zero-order valence-corrected chi connectivity index (χ0v) is 15.5. The lowest BCUT2D eigenvalue weighted by Gasteiger charge is -2.14. The van der Waals surface area contributed by atoms with E-state index in [0.717, 1.165) is 28.3 Å². The molecule has 1 aliphatic carbocycles. The number of benzene rings is 3. The zero-order chi connectivity index (χ0) is 17.6. The Morgan fingerprint density at radius 2 is 1.88 bits per heavy atom. The van der Waals surface area contributed by atoms with Crippen molar-refractivity contribution in [3.05, 3.63) is 69.2 Å². The fourth-order valence-corrected chi connectivity index (χ4v) is 4.08. The summed E-state index contributed by atoms with van der Waals surface area (Å²) in [6.45, 7) is 2.33. The minimum absolute atomic E-state index is 0.0123. The molecule has 0 fully saturated rings. The summed E-state index contributed by atoms with van der Waals surface area (Å²) in [5.74, 6) is 0.404. The fourth-order valence-electron chi connectivity index (χ4n) is 3.64. The van der Waals surface area contributed by atoms with Gasteiger partial charge in [-0.05, 0) is 53.8 Å². The van der Waals surface area contributed by atoms with E-state index in [1.165, 1.54) is 16.5 Å². The van der Waals surface area contributed by atoms with Gasteiger partial charge in [-0.3, -0.25) is 5.41 Å². The first-order valence-corrected chi connectivity index (χ1v) is 9.17. The van der Waals surface area contributed by atoms with E-state index in [1.807, 2.05) is 13.0 Å². The highest BCUT2D eigenvalue weighted by Crippen LogP contribution is 2.38. The molecular weight excluding hydrogens is 378 g/mol. The Hall–Kier alpha value is -2.33. The van der Waals surface area contributed by atoms with Crippen LogP contribution in [0.3, 0.4) is 0 Å². The van der Waals surface area contributed by atoms with Crippen LogP contribution in [0.5, 0.6) is 11.5 Å². The molecule has 126 valence electrons. The van der Waals surface area contributed by atoms with E-state index >= 15 is 0 Å². The summed E-state index contributed by atoms with van der Waals surface area (Å²) in [4.78, 5) is 0. The third kappa shape index (κ3) is 2.61. The Bertz CT molecular complexity index is 1000. The molecule has 3 aromatic carbocycles. The van der Waals surface area contributed by atoms with E-state index in [9.17, 15) is 5.11 Å². The summed E-state index contributed by atoms with van der Waals surface area (Å²) in [6, 6.07) is 13.9. The molecule has 0 aliphatic heterocycles. The molecule has 4 heteroatoms. The number of halogens is 1. The number of phenols is 1. The summed E-state index contributed by atoms with van der Waals surface area (Å²) >= 11 is 3.45. The van der Waals surface area contributed by atoms with Crippen molar-refractivity contribution >= 4 is 32.4 Å². The van der Waals surface area contributed by atoms with Gasteiger partial charge in [0.2, 0.25) is 0 Å². The van der Waals surface area contributed by atoms with Crippen LogP contribution >= 0.6 is 15.9 Å². The molecule has 4 rings (SSSR count). The highest BCUT2D eigenvalue weighted by Gasteiger charge is 2.21. The van der Waals surface area contributed by atoms with Gasteiger partial charge in [0.05, 0.1) is 12.3 Å². The smallest absolute Gasteiger partial charge is 0.167 e. The fraction of sp³-hybridized carbons (Fsp3) is 0.190. The molecule has 0 bridgehead atoms. The summed E-state index contributed by atoms with van der Waals surface area (Å²) in [7, 11) is 0. The van der Waals surface area contributed by atoms with Crippen LogP contribution in [-0.4, -0.2) is 17.4 Å². The first-order valence-electron chi connectivity index (χ1n) is 8.38. The average Bonchev–Trinajstić information content (AvgIpc) is 3.03. The van der Waals surface area contributed by atoms with Crippen molar-refractivity contribution in [3.8, 4) is 11.5 Å². The number of ether oxygens (including phenoxy) is 1. The van der Waals surface area contributed by atoms with Crippen molar-refractivity contribution in [3.63, 3.8) is 0 Å². The van der Waals surface area contributed by atoms with Crippen LogP contribution in [0.25, 0.3) is 10.8 Å². The first-order chi connectivity index (χ1) is 12.1. The van der Waals surface area contributed by atoms with Crippen molar-refractivity contribution in [2.75, 3.05) is 6.61 Å². The molecule has 0 atom stereocenters. The molecule has 3 nitrogen and oxygen atoms in total. The van der Waals surface area contributed by atoms with Gasteiger partial charge in [-0.15, -0.1) is 0 Å². The maximum atomic E-state index is 10.6. The Balaban J connectivity index is 1.90. The highest BCUT2D eigenvalue weighted by molar-refractivity contribution is 9.10. The average molecular weight is 396 g/mol. The predicted octanol–water partition coefficient (Wildman–Crippen LogP) is 5.22. The van der Waals surface area contributed by atoms with Crippen LogP contribution in [0.15, 0.2) is 46.9 Å². The van der Waals surface area contributed by atoms with Crippen molar-refractivity contribution in [2.45, 2.75) is 19.8 Å². The Labute approximate surface area is 154 Å². The minimum Gasteiger partial charge on any atom is -0.504 e. The lowest BCUT2D eigenvalue weighted by atomic mass is 9.93. The molecule has 0 saturated carbocycles. The van der Waals surface area contributed by atoms with E-state index in [2.05, 4.69) is 40.2 Å². The van der Waals surface area contributed by atoms with Crippen molar-refractivity contribution in [1.29, 1.82) is 5.41 Å². The van der Waals surface area contributed by atoms with E-state index in [-0.39, 0.29) is 5.75 Å². The number of aryl methyl sites for hydroxylation is 2. The second-order valence-corrected chi connectivity index (χ2v) is 7.14. The van der Waals surface area contributed by atoms with Gasteiger partial charge in [-0.25, -0.2) is 0 Å². The molecule has 0 heterocycles. The van der Waals surface area contributed by atoms with Gasteiger partial charge in [0.15, 0.2) is 11.5 Å². The number of nitrogens with one attached hydrogen (secondary N) is 1. The normalized spacial score (nSPS) is 12.6. The second kappa shape index (κ2) is 6.19. The van der Waals surface area contributed by atoms with Crippen LogP contribution < -0.4 is 4.74 Å². The van der Waals surface area contributed by atoms with Gasteiger partial charge in [0, 0.05) is 15.6 Å². The van der Waals surface area contributed by atoms with Crippen LogP contribution in [0.4, 0.5) is 0 Å². The van der Waals surface area contributed by atoms with Crippen molar-refractivity contribution < 1.29 is 9.84 Å². The van der Waals surface area contributed by atoms with Gasteiger partial charge >= 0.3 is 0 Å². The Morgan fingerprint density at radius 3 is 2.64 bits per heavy atom. The molecular formula is C21H18BrNO2. The zero-order valence-electron chi connectivity index (χ0n) is 13.9. The minimum atomic E-state index is 0.0123. The van der Waals surface area contributed by atoms with Gasteiger partial charge in [0.25, 0.3) is 0 Å². The SMILES string of the molecule is CCOc1cc(Br)cc(C(=N)c2ccc3c4c(cccc24)CC3)c1O. The van der Waals surface area contributed by atoms with Crippen LogP contribution in [-0.2, 0) is 12.8 Å². The Kier molecular flexibility index (Phi) is 4.00. The largest absolute Gasteiger partial charge is 0.504 e. The third-order valence-electron chi connectivity index (χ3n) is 4.76. The van der Waals surface area contributed by atoms with Gasteiger partial charge in [-0.1, -0.05) is 46.3 Å². The van der Waals surface area contributed by atoms with Crippen LogP contribution in [0.2, 0.25) is 0 Å². The van der Waals surface area contributed by atoms with E-state index in [1.54, 1.807) is 12.1 Å². The maximum absolute atomic E-state index is 10.6. The lowest BCUT2D eigenvalue weighted by molar-refractivity contribution is 0.317. The quantitative estimate of drug-likeness (QED) is 0.594. The van der Waals surface area contributed by atoms with Crippen molar-refractivity contribution in [2.24, 2.45) is 0 Å². The molecule has 0 unspecified atom stereocenters. The first kappa shape index (κ1) is 16.2. The highest BCUT2D eigenvalue weighted by atomic mass is 79.9. The molecule has 2 N–H and O–H groups in total. The standard InChI is InChI=1S/C21H18BrNO2/c1-2-25-18-11-14(22)10-17(21(18)24)20(23)16-9-8-13-7-6-12-4-3-5-15(16)19(12)13/h3-5,8-11,23-24H,2,6-7H2,1H3. The summed E-state index contributed by atoms with van der Waals surface area (Å²) in [5, 5.41) is 21.7. The number of phenolic OH excluding ortho intramolecular Hbond substituents is 1. The summed E-state index contributed by atoms with van der Waals surface area (Å²) in [5.41, 5.74) is 4.29. The molecule has 0 amide bonds. The topological polar surface area (TPSA) is 53.3 Å². The molecule has 25 heavy (non-hydrogen) atoms. The maximum Gasteiger partial charge on any atom is 0.167 e. The second-order valence-electron chi connectivity index (χ2n) is 6.22. The summed E-state index contributed by atoms with van der Waals surface area (Å²) in [6.07, 6.45) is 2.11. The predicted molar refractivity (Wildman–Crippen MR) is 104 cm³/mol. The molecule has 0 radical (unpaired) electrons. The number of hydrogen-bond acceptors (Lipinski definition) is 3. The Morgan fingerprint density at radius 1 is 1.12 bits per heavy atom. The number of rotatable bonds is 4. The van der Waals surface area contributed by atoms with E-state index < -0.39 is 0 Å². The van der Waals surface area contributed by atoms with Gasteiger partial charge in [0.1, 0.15) is 0 Å². The molecule has 3 aromatic rings. The monoisotopic (exact) mass is 395 g/mol. The summed E-state index contributed by atoms with van der Waals surface area (Å²) < 4.78 is 6.28. The molecule has 0 spiro atoms. The van der Waals surface area contributed by atoms with E-state index in [4.69, 9.17) is 10.1 Å². The molecule has 1 aliphatic rings. The van der Waals surface area contributed by atoms with E-state index in [0.29, 0.717) is 23.6 Å². The lowest BCUT2D eigenvalue weighted by Crippen LogP contribution is -2.05. The number of aromatic hydroxyl groups is 1.